The zero-order chi connectivity index (χ0) is 20.8. The van der Waals surface area contributed by atoms with Gasteiger partial charge in [-0.25, -0.2) is 20.8 Å². The fraction of sp³-hybridized carbons (Fsp3) is 0.333. The van der Waals surface area contributed by atoms with Crippen molar-refractivity contribution in [1.82, 2.24) is 8.28 Å². The molecule has 3 aromatic rings. The van der Waals surface area contributed by atoms with Crippen molar-refractivity contribution in [2.75, 3.05) is 13.1 Å². The van der Waals surface area contributed by atoms with Gasteiger partial charge in [0.05, 0.1) is 15.3 Å². The highest BCUT2D eigenvalue weighted by atomic mass is 32.2. The molecule has 8 heteroatoms. The van der Waals surface area contributed by atoms with Crippen LogP contribution in [0.3, 0.4) is 0 Å². The number of rotatable bonds is 4. The summed E-state index contributed by atoms with van der Waals surface area (Å²) in [5, 5.41) is 0.573. The van der Waals surface area contributed by atoms with Gasteiger partial charge in [-0.3, -0.25) is 0 Å². The second-order valence-electron chi connectivity index (χ2n) is 7.92. The van der Waals surface area contributed by atoms with E-state index in [4.69, 9.17) is 0 Å². The van der Waals surface area contributed by atoms with Crippen LogP contribution in [0.25, 0.3) is 10.9 Å². The predicted octanol–water partition coefficient (Wildman–Crippen LogP) is 3.54. The molecule has 0 aliphatic carbocycles. The Balaban J connectivity index is 1.74. The lowest BCUT2D eigenvalue weighted by Gasteiger charge is -2.34. The molecule has 0 amide bonds. The minimum Gasteiger partial charge on any atom is -0.241 e. The van der Waals surface area contributed by atoms with Crippen LogP contribution in [0.15, 0.2) is 70.6 Å². The third-order valence-corrected chi connectivity index (χ3v) is 8.93. The Bertz CT molecular complexity index is 1240. The first-order valence-corrected chi connectivity index (χ1v) is 12.5. The molecule has 4 rings (SSSR count). The molecule has 0 spiro atoms. The summed E-state index contributed by atoms with van der Waals surface area (Å²) >= 11 is 0. The Morgan fingerprint density at radius 1 is 0.793 bits per heavy atom. The smallest absolute Gasteiger partial charge is 0.241 e. The number of benzene rings is 2. The highest BCUT2D eigenvalue weighted by Gasteiger charge is 2.32. The van der Waals surface area contributed by atoms with Gasteiger partial charge in [0.15, 0.2) is 0 Å². The molecule has 154 valence electrons. The highest BCUT2D eigenvalue weighted by Crippen LogP contribution is 2.29. The minimum atomic E-state index is -3.75. The first-order valence-electron chi connectivity index (χ1n) is 9.61. The van der Waals surface area contributed by atoms with Crippen molar-refractivity contribution in [3.63, 3.8) is 0 Å². The summed E-state index contributed by atoms with van der Waals surface area (Å²) in [6.07, 6.45) is 2.49. The van der Waals surface area contributed by atoms with Crippen LogP contribution in [0.2, 0.25) is 0 Å². The summed E-state index contributed by atoms with van der Waals surface area (Å²) in [6, 6.07) is 14.4. The van der Waals surface area contributed by atoms with Crippen LogP contribution in [-0.4, -0.2) is 38.2 Å². The quantitative estimate of drug-likeness (QED) is 0.632. The maximum absolute atomic E-state index is 13.1. The van der Waals surface area contributed by atoms with E-state index in [1.807, 2.05) is 0 Å². The highest BCUT2D eigenvalue weighted by molar-refractivity contribution is 7.90. The number of nitrogens with zero attached hydrogens (tertiary/aromatic N) is 2. The number of hydrogen-bond acceptors (Lipinski definition) is 4. The Labute approximate surface area is 171 Å². The van der Waals surface area contributed by atoms with E-state index in [1.54, 1.807) is 52.8 Å². The molecule has 1 aliphatic heterocycles. The van der Waals surface area contributed by atoms with E-state index in [1.165, 1.54) is 16.2 Å². The summed E-state index contributed by atoms with van der Waals surface area (Å²) in [7, 11) is -7.37. The number of aromatic nitrogens is 1. The van der Waals surface area contributed by atoms with Crippen molar-refractivity contribution in [1.29, 1.82) is 0 Å². The Morgan fingerprint density at radius 3 is 2.10 bits per heavy atom. The average Bonchev–Trinajstić information content (AvgIpc) is 3.12. The lowest BCUT2D eigenvalue weighted by Crippen LogP contribution is -2.42. The largest absolute Gasteiger partial charge is 0.268 e. The molecule has 2 heterocycles. The third kappa shape index (κ3) is 3.60. The van der Waals surface area contributed by atoms with E-state index in [9.17, 15) is 16.8 Å². The SMILES string of the molecule is C[C@H]1C[C@H](C)CN(S(=O)(=O)c2ccc3c(ccn3S(=O)(=O)c3ccccc3)c2)C1. The van der Waals surface area contributed by atoms with Crippen molar-refractivity contribution >= 4 is 30.9 Å². The number of sulfonamides is 1. The second-order valence-corrected chi connectivity index (χ2v) is 11.7. The topological polar surface area (TPSA) is 76.5 Å². The number of fused-ring (bicyclic) bond motifs is 1. The van der Waals surface area contributed by atoms with Gasteiger partial charge < -0.3 is 0 Å². The van der Waals surface area contributed by atoms with Gasteiger partial charge in [-0.2, -0.15) is 4.31 Å². The van der Waals surface area contributed by atoms with E-state index < -0.39 is 20.0 Å². The zero-order valence-corrected chi connectivity index (χ0v) is 18.0. The molecule has 0 unspecified atom stereocenters. The molecule has 1 saturated heterocycles. The van der Waals surface area contributed by atoms with Gasteiger partial charge in [-0.1, -0.05) is 32.0 Å². The first kappa shape index (κ1) is 20.1. The molecule has 29 heavy (non-hydrogen) atoms. The summed E-state index contributed by atoms with van der Waals surface area (Å²) in [5.41, 5.74) is 0.452. The molecular formula is C21H24N2O4S2. The molecule has 1 aliphatic rings. The predicted molar refractivity (Wildman–Crippen MR) is 113 cm³/mol. The van der Waals surface area contributed by atoms with Crippen LogP contribution in [0.4, 0.5) is 0 Å². The molecule has 0 N–H and O–H groups in total. The average molecular weight is 433 g/mol. The van der Waals surface area contributed by atoms with E-state index in [2.05, 4.69) is 13.8 Å². The Morgan fingerprint density at radius 2 is 1.45 bits per heavy atom. The van der Waals surface area contributed by atoms with Crippen LogP contribution < -0.4 is 0 Å². The molecule has 0 radical (unpaired) electrons. The lowest BCUT2D eigenvalue weighted by atomic mass is 9.94. The van der Waals surface area contributed by atoms with Gasteiger partial charge in [0.25, 0.3) is 10.0 Å². The van der Waals surface area contributed by atoms with E-state index in [0.29, 0.717) is 35.8 Å². The summed E-state index contributed by atoms with van der Waals surface area (Å²) in [5.74, 6) is 0.628. The number of hydrogen-bond donors (Lipinski definition) is 0. The van der Waals surface area contributed by atoms with Crippen molar-refractivity contribution < 1.29 is 16.8 Å². The maximum atomic E-state index is 13.1. The van der Waals surface area contributed by atoms with E-state index >= 15 is 0 Å². The van der Waals surface area contributed by atoms with Crippen LogP contribution in [-0.2, 0) is 20.0 Å². The van der Waals surface area contributed by atoms with Gasteiger partial charge >= 0.3 is 0 Å². The first-order chi connectivity index (χ1) is 13.7. The van der Waals surface area contributed by atoms with E-state index in [-0.39, 0.29) is 9.79 Å². The van der Waals surface area contributed by atoms with Gasteiger partial charge in [-0.05, 0) is 54.7 Å². The van der Waals surface area contributed by atoms with Crippen molar-refractivity contribution in [2.45, 2.75) is 30.1 Å². The number of piperidine rings is 1. The standard InChI is InChI=1S/C21H24N2O4S2/c1-16-12-17(2)15-22(14-16)28(24,25)20-8-9-21-18(13-20)10-11-23(21)29(26,27)19-6-4-3-5-7-19/h3-11,13,16-17H,12,14-15H2,1-2H3/t16-,17-/m0/s1. The van der Waals surface area contributed by atoms with E-state index in [0.717, 1.165) is 6.42 Å². The second kappa shape index (κ2) is 7.27. The molecule has 0 bridgehead atoms. The van der Waals surface area contributed by atoms with Crippen LogP contribution >= 0.6 is 0 Å². The van der Waals surface area contributed by atoms with Crippen LogP contribution in [0.5, 0.6) is 0 Å². The Hall–Kier alpha value is -2.16. The molecule has 6 nitrogen and oxygen atoms in total. The molecule has 1 fully saturated rings. The normalized spacial score (nSPS) is 21.4. The molecular weight excluding hydrogens is 408 g/mol. The minimum absolute atomic E-state index is 0.186. The molecule has 1 aromatic heterocycles. The molecule has 2 aromatic carbocycles. The fourth-order valence-electron chi connectivity index (χ4n) is 4.12. The van der Waals surface area contributed by atoms with Gasteiger partial charge in [0.2, 0.25) is 10.0 Å². The fourth-order valence-corrected chi connectivity index (χ4v) is 7.21. The summed E-state index contributed by atoms with van der Waals surface area (Å²) < 4.78 is 54.9. The third-order valence-electron chi connectivity index (χ3n) is 5.40. The zero-order valence-electron chi connectivity index (χ0n) is 16.4. The van der Waals surface area contributed by atoms with Gasteiger partial charge in [0.1, 0.15) is 0 Å². The molecule has 2 atom stereocenters. The Kier molecular flexibility index (Phi) is 5.04. The van der Waals surface area contributed by atoms with Crippen molar-refractivity contribution in [2.24, 2.45) is 11.8 Å². The monoisotopic (exact) mass is 432 g/mol. The van der Waals surface area contributed by atoms with Gasteiger partial charge in [-0.15, -0.1) is 0 Å². The van der Waals surface area contributed by atoms with Gasteiger partial charge in [0, 0.05) is 24.7 Å². The summed E-state index contributed by atoms with van der Waals surface area (Å²) in [4.78, 5) is 0.381. The maximum Gasteiger partial charge on any atom is 0.268 e. The van der Waals surface area contributed by atoms with Crippen molar-refractivity contribution in [3.05, 3.63) is 60.8 Å². The molecule has 0 saturated carbocycles. The van der Waals surface area contributed by atoms with Crippen LogP contribution in [0, 0.1) is 11.8 Å². The van der Waals surface area contributed by atoms with Crippen LogP contribution in [0.1, 0.15) is 20.3 Å². The lowest BCUT2D eigenvalue weighted by molar-refractivity contribution is 0.222. The summed E-state index contributed by atoms with van der Waals surface area (Å²) in [6.45, 7) is 5.15. The van der Waals surface area contributed by atoms with Crippen molar-refractivity contribution in [3.8, 4) is 0 Å².